The number of aliphatic carboxylic acids is 1. The van der Waals surface area contributed by atoms with Crippen molar-refractivity contribution in [2.24, 2.45) is 5.92 Å². The summed E-state index contributed by atoms with van der Waals surface area (Å²) < 4.78 is 22.2. The minimum Gasteiger partial charge on any atom is -0.481 e. The fourth-order valence-electron chi connectivity index (χ4n) is 1.47. The minimum absolute atomic E-state index is 0.203. The van der Waals surface area contributed by atoms with Crippen LogP contribution in [0.3, 0.4) is 0 Å². The molecule has 0 radical (unpaired) electrons. The van der Waals surface area contributed by atoms with Gasteiger partial charge < -0.3 is 10.0 Å². The van der Waals surface area contributed by atoms with Gasteiger partial charge in [-0.3, -0.25) is 4.79 Å². The highest BCUT2D eigenvalue weighted by molar-refractivity contribution is 7.91. The number of carboxylic acid groups (broad SMARTS) is 1. The summed E-state index contributed by atoms with van der Waals surface area (Å²) in [6.45, 7) is 3.41. The van der Waals surface area contributed by atoms with Crippen molar-refractivity contribution < 1.29 is 18.3 Å². The van der Waals surface area contributed by atoms with E-state index in [4.69, 9.17) is 5.11 Å². The Hall–Kier alpha value is -0.620. The molecule has 0 bridgehead atoms. The lowest BCUT2D eigenvalue weighted by atomic mass is 10.1. The van der Waals surface area contributed by atoms with Gasteiger partial charge in [-0.05, 0) is 13.0 Å². The molecule has 1 aliphatic rings. The quantitative estimate of drug-likeness (QED) is 0.732. The van der Waals surface area contributed by atoms with Crippen LogP contribution in [0.25, 0.3) is 0 Å². The first-order valence-electron chi connectivity index (χ1n) is 5.06. The molecule has 0 aromatic carbocycles. The van der Waals surface area contributed by atoms with Gasteiger partial charge in [0.15, 0.2) is 9.84 Å². The standard InChI is InChI=1S/C9H17NO4S/c1-8(9(11)12)2-3-10-4-6-15(13,14)7-5-10/h8H,2-7H2,1H3,(H,11,12). The monoisotopic (exact) mass is 235 g/mol. The molecule has 6 heteroatoms. The lowest BCUT2D eigenvalue weighted by molar-refractivity contribution is -0.141. The van der Waals surface area contributed by atoms with Crippen LogP contribution in [0.2, 0.25) is 0 Å². The third-order valence-corrected chi connectivity index (χ3v) is 4.35. The van der Waals surface area contributed by atoms with Crippen molar-refractivity contribution in [2.45, 2.75) is 13.3 Å². The molecule has 0 aromatic heterocycles. The van der Waals surface area contributed by atoms with E-state index in [1.807, 2.05) is 4.90 Å². The molecule has 0 amide bonds. The number of hydrogen-bond acceptors (Lipinski definition) is 4. The Morgan fingerprint density at radius 2 is 1.93 bits per heavy atom. The lowest BCUT2D eigenvalue weighted by Gasteiger charge is -2.26. The molecule has 1 saturated heterocycles. The Balaban J connectivity index is 2.28. The van der Waals surface area contributed by atoms with E-state index in [0.29, 0.717) is 26.1 Å². The van der Waals surface area contributed by atoms with E-state index in [2.05, 4.69) is 0 Å². The summed E-state index contributed by atoms with van der Waals surface area (Å²) in [5.74, 6) is -0.744. The Labute approximate surface area is 90.0 Å². The van der Waals surface area contributed by atoms with Crippen LogP contribution in [-0.2, 0) is 14.6 Å². The first-order chi connectivity index (χ1) is 6.91. The summed E-state index contributed by atoms with van der Waals surface area (Å²) in [6, 6.07) is 0. The van der Waals surface area contributed by atoms with Gasteiger partial charge >= 0.3 is 5.97 Å². The van der Waals surface area contributed by atoms with Gasteiger partial charge in [-0.2, -0.15) is 0 Å². The maximum absolute atomic E-state index is 11.1. The van der Waals surface area contributed by atoms with Crippen LogP contribution >= 0.6 is 0 Å². The van der Waals surface area contributed by atoms with E-state index in [1.54, 1.807) is 6.92 Å². The SMILES string of the molecule is CC(CCN1CCS(=O)(=O)CC1)C(=O)O. The van der Waals surface area contributed by atoms with Gasteiger partial charge in [0.25, 0.3) is 0 Å². The van der Waals surface area contributed by atoms with E-state index < -0.39 is 15.8 Å². The third kappa shape index (κ3) is 4.17. The maximum atomic E-state index is 11.1. The second-order valence-corrected chi connectivity index (χ2v) is 6.33. The molecule has 1 atom stereocenters. The van der Waals surface area contributed by atoms with Gasteiger partial charge in [0, 0.05) is 13.1 Å². The number of carboxylic acids is 1. The third-order valence-electron chi connectivity index (χ3n) is 2.74. The summed E-state index contributed by atoms with van der Waals surface area (Å²) in [5.41, 5.74) is 0. The van der Waals surface area contributed by atoms with Crippen molar-refractivity contribution in [2.75, 3.05) is 31.1 Å². The molecule has 5 nitrogen and oxygen atoms in total. The number of rotatable bonds is 4. The van der Waals surface area contributed by atoms with Gasteiger partial charge in [-0.25, -0.2) is 8.42 Å². The highest BCUT2D eigenvalue weighted by atomic mass is 32.2. The van der Waals surface area contributed by atoms with E-state index in [-0.39, 0.29) is 17.4 Å². The molecule has 1 N–H and O–H groups in total. The van der Waals surface area contributed by atoms with Crippen LogP contribution in [0, 0.1) is 5.92 Å². The second kappa shape index (κ2) is 4.94. The van der Waals surface area contributed by atoms with Crippen LogP contribution in [0.4, 0.5) is 0 Å². The molecule has 0 saturated carbocycles. The Bertz CT molecular complexity index is 311. The number of nitrogens with zero attached hydrogens (tertiary/aromatic N) is 1. The molecule has 1 rings (SSSR count). The first-order valence-corrected chi connectivity index (χ1v) is 6.88. The van der Waals surface area contributed by atoms with Crippen molar-refractivity contribution >= 4 is 15.8 Å². The van der Waals surface area contributed by atoms with Crippen LogP contribution in [0.15, 0.2) is 0 Å². The average molecular weight is 235 g/mol. The van der Waals surface area contributed by atoms with Crippen molar-refractivity contribution in [1.29, 1.82) is 0 Å². The van der Waals surface area contributed by atoms with Crippen LogP contribution in [-0.4, -0.2) is 55.5 Å². The summed E-state index contributed by atoms with van der Waals surface area (Å²) >= 11 is 0. The fourth-order valence-corrected chi connectivity index (χ4v) is 2.75. The number of carbonyl (C=O) groups is 1. The van der Waals surface area contributed by atoms with Crippen molar-refractivity contribution in [3.8, 4) is 0 Å². The van der Waals surface area contributed by atoms with Gasteiger partial charge in [-0.1, -0.05) is 6.92 Å². The Morgan fingerprint density at radius 1 is 1.40 bits per heavy atom. The topological polar surface area (TPSA) is 74.7 Å². The number of sulfone groups is 1. The van der Waals surface area contributed by atoms with Gasteiger partial charge in [-0.15, -0.1) is 0 Å². The minimum atomic E-state index is -2.83. The van der Waals surface area contributed by atoms with Crippen LogP contribution in [0.1, 0.15) is 13.3 Å². The highest BCUT2D eigenvalue weighted by Gasteiger charge is 2.22. The van der Waals surface area contributed by atoms with Crippen LogP contribution in [0.5, 0.6) is 0 Å². The molecule has 88 valence electrons. The predicted octanol–water partition coefficient (Wildman–Crippen LogP) is -0.172. The summed E-state index contributed by atoms with van der Waals surface area (Å²) in [5, 5.41) is 8.68. The van der Waals surface area contributed by atoms with E-state index in [9.17, 15) is 13.2 Å². The van der Waals surface area contributed by atoms with Gasteiger partial charge in [0.05, 0.1) is 17.4 Å². The molecule has 0 aromatic rings. The molecular formula is C9H17NO4S. The molecule has 1 fully saturated rings. The normalized spacial score (nSPS) is 23.5. The summed E-state index contributed by atoms with van der Waals surface area (Å²) in [4.78, 5) is 12.6. The molecule has 0 aliphatic carbocycles. The fraction of sp³-hybridized carbons (Fsp3) is 0.889. The summed E-state index contributed by atoms with van der Waals surface area (Å²) in [6.07, 6.45) is 0.579. The van der Waals surface area contributed by atoms with E-state index >= 15 is 0 Å². The zero-order chi connectivity index (χ0) is 11.5. The second-order valence-electron chi connectivity index (χ2n) is 4.02. The largest absolute Gasteiger partial charge is 0.481 e. The average Bonchev–Trinajstić information content (AvgIpc) is 2.15. The molecular weight excluding hydrogens is 218 g/mol. The smallest absolute Gasteiger partial charge is 0.306 e. The van der Waals surface area contributed by atoms with Crippen molar-refractivity contribution in [1.82, 2.24) is 4.90 Å². The predicted molar refractivity (Wildman–Crippen MR) is 56.5 cm³/mol. The molecule has 1 unspecified atom stereocenters. The molecule has 15 heavy (non-hydrogen) atoms. The Kier molecular flexibility index (Phi) is 4.10. The maximum Gasteiger partial charge on any atom is 0.306 e. The zero-order valence-electron chi connectivity index (χ0n) is 8.85. The molecule has 1 heterocycles. The van der Waals surface area contributed by atoms with Gasteiger partial charge in [0.2, 0.25) is 0 Å². The van der Waals surface area contributed by atoms with E-state index in [0.717, 1.165) is 0 Å². The zero-order valence-corrected chi connectivity index (χ0v) is 9.66. The number of hydrogen-bond donors (Lipinski definition) is 1. The summed E-state index contributed by atoms with van der Waals surface area (Å²) in [7, 11) is -2.83. The van der Waals surface area contributed by atoms with Gasteiger partial charge in [0.1, 0.15) is 0 Å². The Morgan fingerprint density at radius 3 is 2.40 bits per heavy atom. The van der Waals surface area contributed by atoms with E-state index in [1.165, 1.54) is 0 Å². The van der Waals surface area contributed by atoms with Crippen molar-refractivity contribution in [3.63, 3.8) is 0 Å². The lowest BCUT2D eigenvalue weighted by Crippen LogP contribution is -2.41. The first kappa shape index (κ1) is 12.4. The molecule has 0 spiro atoms. The molecule has 1 aliphatic heterocycles. The van der Waals surface area contributed by atoms with Crippen molar-refractivity contribution in [3.05, 3.63) is 0 Å². The van der Waals surface area contributed by atoms with Crippen LogP contribution < -0.4 is 0 Å². The highest BCUT2D eigenvalue weighted by Crippen LogP contribution is 2.08.